The zero-order valence-corrected chi connectivity index (χ0v) is 13.8. The van der Waals surface area contributed by atoms with E-state index >= 15 is 0 Å². The summed E-state index contributed by atoms with van der Waals surface area (Å²) >= 11 is 1.63. The molecule has 2 rings (SSSR count). The minimum Gasteiger partial charge on any atom is -0.319 e. The normalized spacial score (nSPS) is 12.3. The van der Waals surface area contributed by atoms with Crippen LogP contribution in [-0.2, 0) is 4.57 Å². The van der Waals surface area contributed by atoms with Crippen LogP contribution in [0.4, 0.5) is 0 Å². The van der Waals surface area contributed by atoms with Crippen molar-refractivity contribution in [2.45, 2.75) is 24.8 Å². The van der Waals surface area contributed by atoms with Gasteiger partial charge in [-0.05, 0) is 49.3 Å². The number of hydrogen-bond donors (Lipinski definition) is 0. The monoisotopic (exact) mass is 293 g/mol. The SMILES string of the molecule is CSc1ccc2c(P(C)(C)=O)c(C(C)C)ccc2n1. The average molecular weight is 293 g/mol. The molecule has 4 heteroatoms. The lowest BCUT2D eigenvalue weighted by Gasteiger charge is -2.19. The van der Waals surface area contributed by atoms with Gasteiger partial charge >= 0.3 is 0 Å². The van der Waals surface area contributed by atoms with E-state index in [1.807, 2.05) is 31.7 Å². The average Bonchev–Trinajstić information content (AvgIpc) is 2.35. The maximum absolute atomic E-state index is 12.7. The number of fused-ring (bicyclic) bond motifs is 1. The Bertz CT molecular complexity index is 660. The van der Waals surface area contributed by atoms with Gasteiger partial charge in [-0.3, -0.25) is 0 Å². The second-order valence-corrected chi connectivity index (χ2v) is 9.40. The first-order valence-corrected chi connectivity index (χ1v) is 10.2. The minimum absolute atomic E-state index is 0.368. The van der Waals surface area contributed by atoms with Gasteiger partial charge in [0, 0.05) is 10.7 Å². The zero-order chi connectivity index (χ0) is 14.2. The molecule has 0 unspecified atom stereocenters. The maximum atomic E-state index is 12.7. The molecule has 1 heterocycles. The van der Waals surface area contributed by atoms with Gasteiger partial charge < -0.3 is 4.57 Å². The number of aromatic nitrogens is 1. The van der Waals surface area contributed by atoms with Crippen LogP contribution in [0, 0.1) is 0 Å². The molecular weight excluding hydrogens is 273 g/mol. The fourth-order valence-corrected chi connectivity index (χ4v) is 4.48. The summed E-state index contributed by atoms with van der Waals surface area (Å²) in [5, 5.41) is 3.04. The number of rotatable bonds is 3. The summed E-state index contributed by atoms with van der Waals surface area (Å²) in [6.45, 7) is 7.97. The van der Waals surface area contributed by atoms with Gasteiger partial charge in [0.15, 0.2) is 0 Å². The first kappa shape index (κ1) is 14.6. The summed E-state index contributed by atoms with van der Waals surface area (Å²) < 4.78 is 12.7. The number of thioether (sulfide) groups is 1. The number of nitrogens with zero attached hydrogens (tertiary/aromatic N) is 1. The molecule has 0 fully saturated rings. The molecule has 0 aliphatic heterocycles. The Morgan fingerprint density at radius 1 is 1.16 bits per heavy atom. The largest absolute Gasteiger partial charge is 0.319 e. The van der Waals surface area contributed by atoms with Crippen molar-refractivity contribution in [2.75, 3.05) is 19.6 Å². The molecule has 0 radical (unpaired) electrons. The highest BCUT2D eigenvalue weighted by Gasteiger charge is 2.21. The molecule has 0 N–H and O–H groups in total. The lowest BCUT2D eigenvalue weighted by molar-refractivity contribution is 0.588. The minimum atomic E-state index is -2.33. The number of benzene rings is 1. The van der Waals surface area contributed by atoms with E-state index in [1.54, 1.807) is 11.8 Å². The van der Waals surface area contributed by atoms with Gasteiger partial charge in [0.25, 0.3) is 0 Å². The van der Waals surface area contributed by atoms with Crippen molar-refractivity contribution < 1.29 is 4.57 Å². The van der Waals surface area contributed by atoms with E-state index in [-0.39, 0.29) is 0 Å². The fraction of sp³-hybridized carbons (Fsp3) is 0.400. The highest BCUT2D eigenvalue weighted by molar-refractivity contribution is 7.98. The number of hydrogen-bond acceptors (Lipinski definition) is 3. The summed E-state index contributed by atoms with van der Waals surface area (Å²) in [5.74, 6) is 0.368. The van der Waals surface area contributed by atoms with Gasteiger partial charge in [0.2, 0.25) is 0 Å². The Kier molecular flexibility index (Phi) is 4.08. The van der Waals surface area contributed by atoms with Crippen LogP contribution in [0.1, 0.15) is 25.3 Å². The third kappa shape index (κ3) is 2.88. The maximum Gasteiger partial charge on any atom is 0.110 e. The highest BCUT2D eigenvalue weighted by Crippen LogP contribution is 2.40. The molecule has 0 bridgehead atoms. The summed E-state index contributed by atoms with van der Waals surface area (Å²) in [5.41, 5.74) is 2.12. The van der Waals surface area contributed by atoms with E-state index in [2.05, 4.69) is 31.0 Å². The molecule has 0 aliphatic carbocycles. The van der Waals surface area contributed by atoms with Gasteiger partial charge in [-0.25, -0.2) is 4.98 Å². The highest BCUT2D eigenvalue weighted by atomic mass is 32.2. The summed E-state index contributed by atoms with van der Waals surface area (Å²) in [7, 11) is -2.33. The third-order valence-electron chi connectivity index (χ3n) is 3.22. The third-order valence-corrected chi connectivity index (χ3v) is 5.44. The first-order chi connectivity index (χ1) is 8.84. The van der Waals surface area contributed by atoms with Crippen molar-refractivity contribution in [1.29, 1.82) is 0 Å². The van der Waals surface area contributed by atoms with Crippen molar-refractivity contribution in [3.05, 3.63) is 29.8 Å². The zero-order valence-electron chi connectivity index (χ0n) is 12.1. The standard InChI is InChI=1S/C15H20NOPS/c1-10(2)11-6-8-13-12(15(11)18(3,4)17)7-9-14(16-13)19-5/h6-10H,1-5H3. The predicted octanol–water partition coefficient (Wildman–Crippen LogP) is 4.33. The van der Waals surface area contributed by atoms with Gasteiger partial charge in [-0.15, -0.1) is 11.8 Å². The molecule has 1 aromatic heterocycles. The Balaban J connectivity index is 2.84. The molecule has 2 nitrogen and oxygen atoms in total. The van der Waals surface area contributed by atoms with Crippen molar-refractivity contribution in [1.82, 2.24) is 4.98 Å². The summed E-state index contributed by atoms with van der Waals surface area (Å²) in [4.78, 5) is 4.61. The predicted molar refractivity (Wildman–Crippen MR) is 86.7 cm³/mol. The van der Waals surface area contributed by atoms with Crippen molar-refractivity contribution in [2.24, 2.45) is 0 Å². The van der Waals surface area contributed by atoms with Crippen LogP contribution in [0.5, 0.6) is 0 Å². The van der Waals surface area contributed by atoms with Crippen molar-refractivity contribution in [3.63, 3.8) is 0 Å². The van der Waals surface area contributed by atoms with Gasteiger partial charge in [0.1, 0.15) is 7.14 Å². The Labute approximate surface area is 119 Å². The van der Waals surface area contributed by atoms with Gasteiger partial charge in [0.05, 0.1) is 10.5 Å². The molecule has 1 aromatic carbocycles. The second-order valence-electron chi connectivity index (χ2n) is 5.43. The molecule has 0 aliphatic rings. The van der Waals surface area contributed by atoms with Crippen molar-refractivity contribution in [3.8, 4) is 0 Å². The Hall–Kier alpha value is -0.790. The molecule has 0 atom stereocenters. The summed E-state index contributed by atoms with van der Waals surface area (Å²) in [6.07, 6.45) is 2.02. The van der Waals surface area contributed by atoms with Gasteiger partial charge in [-0.1, -0.05) is 19.9 Å². The molecular formula is C15H20NOPS. The molecule has 19 heavy (non-hydrogen) atoms. The van der Waals surface area contributed by atoms with Crippen LogP contribution in [0.15, 0.2) is 29.3 Å². The second kappa shape index (κ2) is 5.30. The molecule has 0 spiro atoms. The van der Waals surface area contributed by atoms with E-state index in [9.17, 15) is 4.57 Å². The topological polar surface area (TPSA) is 30.0 Å². The van der Waals surface area contributed by atoms with E-state index in [0.717, 1.165) is 21.2 Å². The lowest BCUT2D eigenvalue weighted by Crippen LogP contribution is -2.13. The first-order valence-electron chi connectivity index (χ1n) is 6.37. The molecule has 102 valence electrons. The molecule has 0 saturated heterocycles. The molecule has 0 saturated carbocycles. The van der Waals surface area contributed by atoms with E-state index < -0.39 is 7.14 Å². The van der Waals surface area contributed by atoms with Crippen molar-refractivity contribution >= 4 is 35.1 Å². The number of pyridine rings is 1. The fourth-order valence-electron chi connectivity index (χ4n) is 2.37. The Morgan fingerprint density at radius 3 is 2.37 bits per heavy atom. The van der Waals surface area contributed by atoms with E-state index in [4.69, 9.17) is 0 Å². The van der Waals surface area contributed by atoms with E-state index in [1.165, 1.54) is 5.56 Å². The smallest absolute Gasteiger partial charge is 0.110 e. The Morgan fingerprint density at radius 2 is 1.84 bits per heavy atom. The van der Waals surface area contributed by atoms with Crippen LogP contribution in [-0.4, -0.2) is 24.6 Å². The van der Waals surface area contributed by atoms with E-state index in [0.29, 0.717) is 5.92 Å². The van der Waals surface area contributed by atoms with Crippen LogP contribution in [0.3, 0.4) is 0 Å². The quantitative estimate of drug-likeness (QED) is 0.623. The summed E-state index contributed by atoms with van der Waals surface area (Å²) in [6, 6.07) is 8.20. The van der Waals surface area contributed by atoms with Crippen LogP contribution in [0.25, 0.3) is 10.9 Å². The lowest BCUT2D eigenvalue weighted by atomic mass is 10.0. The van der Waals surface area contributed by atoms with Gasteiger partial charge in [-0.2, -0.15) is 0 Å². The van der Waals surface area contributed by atoms with Crippen LogP contribution in [0.2, 0.25) is 0 Å². The van der Waals surface area contributed by atoms with Crippen LogP contribution >= 0.6 is 18.9 Å². The molecule has 0 amide bonds. The molecule has 2 aromatic rings. The van der Waals surface area contributed by atoms with Crippen LogP contribution < -0.4 is 5.30 Å².